The van der Waals surface area contributed by atoms with Crippen molar-refractivity contribution in [2.45, 2.75) is 38.8 Å². The third-order valence-electron chi connectivity index (χ3n) is 9.49. The summed E-state index contributed by atoms with van der Waals surface area (Å²) in [5.74, 6) is -1.23. The fraction of sp³-hybridized carbons (Fsp3) is 0.222. The smallest absolute Gasteiger partial charge is 0.309 e. The summed E-state index contributed by atoms with van der Waals surface area (Å²) in [5, 5.41) is 13.7. The fourth-order valence-corrected chi connectivity index (χ4v) is 7.07. The van der Waals surface area contributed by atoms with Crippen LogP contribution in [0.5, 0.6) is 0 Å². The van der Waals surface area contributed by atoms with Crippen LogP contribution in [0.4, 0.5) is 4.39 Å². The van der Waals surface area contributed by atoms with Crippen LogP contribution in [-0.2, 0) is 11.3 Å². The van der Waals surface area contributed by atoms with Gasteiger partial charge in [-0.3, -0.25) is 9.59 Å². The maximum Gasteiger partial charge on any atom is 0.309 e. The number of halogens is 1. The normalized spacial score (nSPS) is 21.3. The summed E-state index contributed by atoms with van der Waals surface area (Å²) < 4.78 is 15.8. The zero-order valence-corrected chi connectivity index (χ0v) is 23.3. The Kier molecular flexibility index (Phi) is 6.05. The van der Waals surface area contributed by atoms with Crippen LogP contribution in [0.1, 0.15) is 42.1 Å². The van der Waals surface area contributed by atoms with Gasteiger partial charge < -0.3 is 15.0 Å². The summed E-state index contributed by atoms with van der Waals surface area (Å²) in [6, 6.07) is 30.8. The maximum atomic E-state index is 13.9. The van der Waals surface area contributed by atoms with E-state index in [1.807, 2.05) is 49.5 Å². The topological polar surface area (TPSA) is 71.3 Å². The molecule has 1 amide bonds. The van der Waals surface area contributed by atoms with Crippen LogP contribution in [0.2, 0.25) is 0 Å². The van der Waals surface area contributed by atoms with E-state index < -0.39 is 11.4 Å². The Hall–Kier alpha value is -4.71. The van der Waals surface area contributed by atoms with Gasteiger partial charge in [-0.05, 0) is 89.8 Å². The van der Waals surface area contributed by atoms with Crippen molar-refractivity contribution in [3.63, 3.8) is 0 Å². The van der Waals surface area contributed by atoms with Crippen LogP contribution in [0.15, 0.2) is 103 Å². The van der Waals surface area contributed by atoms with Crippen LogP contribution in [0.3, 0.4) is 0 Å². The van der Waals surface area contributed by atoms with E-state index >= 15 is 0 Å². The molecule has 5 aromatic rings. The van der Waals surface area contributed by atoms with Crippen LogP contribution in [0, 0.1) is 16.6 Å². The van der Waals surface area contributed by atoms with Crippen molar-refractivity contribution in [1.29, 1.82) is 0 Å². The highest BCUT2D eigenvalue weighted by atomic mass is 19.1. The van der Waals surface area contributed by atoms with Gasteiger partial charge in [0.15, 0.2) is 0 Å². The van der Waals surface area contributed by atoms with Gasteiger partial charge in [0.1, 0.15) is 5.82 Å². The van der Waals surface area contributed by atoms with Gasteiger partial charge in [-0.2, -0.15) is 0 Å². The molecule has 0 saturated heterocycles. The number of benzene rings is 4. The molecule has 0 aliphatic heterocycles. The number of fused-ring (bicyclic) bond motifs is 1. The van der Waals surface area contributed by atoms with Crippen molar-refractivity contribution in [3.8, 4) is 22.3 Å². The lowest BCUT2D eigenvalue weighted by Crippen LogP contribution is -2.71. The van der Waals surface area contributed by atoms with Gasteiger partial charge >= 0.3 is 5.97 Å². The molecule has 1 atom stereocenters. The van der Waals surface area contributed by atoms with Gasteiger partial charge in [-0.25, -0.2) is 4.39 Å². The average molecular weight is 559 g/mol. The van der Waals surface area contributed by atoms with Gasteiger partial charge in [0.25, 0.3) is 5.91 Å². The Morgan fingerprint density at radius 1 is 0.857 bits per heavy atom. The predicted octanol–water partition coefficient (Wildman–Crippen LogP) is 7.54. The van der Waals surface area contributed by atoms with Crippen LogP contribution in [-0.4, -0.2) is 27.6 Å². The first-order valence-electron chi connectivity index (χ1n) is 14.3. The molecule has 210 valence electrons. The molecule has 2 bridgehead atoms. The zero-order valence-electron chi connectivity index (χ0n) is 23.3. The Balaban J connectivity index is 1.21. The second kappa shape index (κ2) is 9.69. The largest absolute Gasteiger partial charge is 0.481 e. The Morgan fingerprint density at radius 2 is 1.48 bits per heavy atom. The molecule has 42 heavy (non-hydrogen) atoms. The number of carbonyl (C=O) groups excluding carboxylic acids is 1. The van der Waals surface area contributed by atoms with Crippen molar-refractivity contribution in [3.05, 3.63) is 120 Å². The number of carboxylic acids is 1. The molecule has 1 aromatic heterocycles. The van der Waals surface area contributed by atoms with E-state index in [0.29, 0.717) is 31.4 Å². The van der Waals surface area contributed by atoms with Crippen molar-refractivity contribution in [2.75, 3.05) is 0 Å². The summed E-state index contributed by atoms with van der Waals surface area (Å²) >= 11 is 0. The second-order valence-electron chi connectivity index (χ2n) is 12.1. The summed E-state index contributed by atoms with van der Waals surface area (Å²) in [6.45, 7) is 2.58. The van der Waals surface area contributed by atoms with E-state index in [-0.39, 0.29) is 23.2 Å². The number of carbonyl (C=O) groups is 2. The predicted molar refractivity (Wildman–Crippen MR) is 162 cm³/mol. The number of amides is 1. The highest BCUT2D eigenvalue weighted by Gasteiger charge is 2.73. The first-order valence-corrected chi connectivity index (χ1v) is 14.3. The van der Waals surface area contributed by atoms with E-state index in [0.717, 1.165) is 38.7 Å². The first kappa shape index (κ1) is 26.2. The number of aromatic nitrogens is 1. The Labute approximate surface area is 243 Å². The summed E-state index contributed by atoms with van der Waals surface area (Å²) in [4.78, 5) is 25.6. The van der Waals surface area contributed by atoms with Crippen molar-refractivity contribution >= 4 is 22.8 Å². The highest BCUT2D eigenvalue weighted by molar-refractivity contribution is 6.08. The first-order chi connectivity index (χ1) is 20.3. The number of carboxylic acid groups (broad SMARTS) is 1. The van der Waals surface area contributed by atoms with E-state index in [1.54, 1.807) is 12.1 Å². The van der Waals surface area contributed by atoms with Gasteiger partial charge in [0, 0.05) is 24.2 Å². The molecule has 3 fully saturated rings. The number of aliphatic carboxylic acids is 1. The number of hydrogen-bond acceptors (Lipinski definition) is 2. The second-order valence-corrected chi connectivity index (χ2v) is 12.1. The van der Waals surface area contributed by atoms with Gasteiger partial charge in [-0.1, -0.05) is 66.7 Å². The number of nitrogens with zero attached hydrogens (tertiary/aromatic N) is 1. The summed E-state index contributed by atoms with van der Waals surface area (Å²) in [7, 11) is 0. The van der Waals surface area contributed by atoms with Crippen LogP contribution in [0.25, 0.3) is 33.2 Å². The average Bonchev–Trinajstić information content (AvgIpc) is 3.34. The Morgan fingerprint density at radius 3 is 2.14 bits per heavy atom. The summed E-state index contributed by atoms with van der Waals surface area (Å²) in [6.07, 6.45) is 3.83. The third-order valence-corrected chi connectivity index (χ3v) is 9.49. The zero-order chi connectivity index (χ0) is 29.1. The fourth-order valence-electron chi connectivity index (χ4n) is 7.07. The molecule has 0 radical (unpaired) electrons. The third kappa shape index (κ3) is 4.30. The van der Waals surface area contributed by atoms with Crippen LogP contribution >= 0.6 is 0 Å². The van der Waals surface area contributed by atoms with E-state index in [9.17, 15) is 19.1 Å². The minimum atomic E-state index is -0.730. The van der Waals surface area contributed by atoms with Gasteiger partial charge in [0.05, 0.1) is 16.5 Å². The van der Waals surface area contributed by atoms with E-state index in [2.05, 4.69) is 46.3 Å². The maximum absolute atomic E-state index is 13.9. The number of nitrogens with one attached hydrogen (secondary N) is 1. The molecule has 1 heterocycles. The van der Waals surface area contributed by atoms with Crippen LogP contribution < -0.4 is 5.32 Å². The molecule has 6 heteroatoms. The quantitative estimate of drug-likeness (QED) is 0.207. The van der Waals surface area contributed by atoms with E-state index in [4.69, 9.17) is 0 Å². The minimum absolute atomic E-state index is 0.148. The molecule has 2 N–H and O–H groups in total. The number of hydrogen-bond donors (Lipinski definition) is 2. The molecule has 3 saturated carbocycles. The number of rotatable bonds is 8. The van der Waals surface area contributed by atoms with Crippen molar-refractivity contribution in [1.82, 2.24) is 9.88 Å². The molecular formula is C36H31FN2O3. The molecule has 8 rings (SSSR count). The SMILES string of the molecule is C[C@H](NC(=O)c1cc(-c2ccc(F)cc2)cc2ccn(Cc3ccc(-c4ccccc4)cc3)c12)C12CC(C(=O)O)(C1)C2. The standard InChI is InChI=1S/C36H31FN2O3/c1-23(35-20-36(21-35,22-35)34(41)42)38-33(40)31-18-29(27-11-13-30(37)14-12-27)17-28-15-16-39(32(28)31)19-24-7-9-26(10-8-24)25-5-3-2-4-6-25/h2-18,23H,19-22H2,1H3,(H,38,40)(H,41,42)/t23-,35?,36?/m0/s1. The molecular weight excluding hydrogens is 527 g/mol. The van der Waals surface area contributed by atoms with Gasteiger partial charge in [0.2, 0.25) is 0 Å². The van der Waals surface area contributed by atoms with Crippen molar-refractivity contribution < 1.29 is 19.1 Å². The lowest BCUT2D eigenvalue weighted by atomic mass is 9.33. The molecule has 0 unspecified atom stereocenters. The minimum Gasteiger partial charge on any atom is -0.481 e. The molecule has 3 aliphatic carbocycles. The Bertz CT molecular complexity index is 1800. The molecule has 0 spiro atoms. The molecule has 4 aromatic carbocycles. The molecule has 3 aliphatic rings. The summed E-state index contributed by atoms with van der Waals surface area (Å²) in [5.41, 5.74) is 5.71. The lowest BCUT2D eigenvalue weighted by Gasteiger charge is -2.70. The highest BCUT2D eigenvalue weighted by Crippen LogP contribution is 2.74. The van der Waals surface area contributed by atoms with Gasteiger partial charge in [-0.15, -0.1) is 0 Å². The van der Waals surface area contributed by atoms with Crippen molar-refractivity contribution in [2.24, 2.45) is 10.8 Å². The van der Waals surface area contributed by atoms with E-state index in [1.165, 1.54) is 12.1 Å². The lowest BCUT2D eigenvalue weighted by molar-refractivity contribution is -0.230. The monoisotopic (exact) mass is 558 g/mol. The molecule has 5 nitrogen and oxygen atoms in total.